The van der Waals surface area contributed by atoms with Crippen molar-refractivity contribution >= 4 is 27.5 Å². The third kappa shape index (κ3) is 4.31. The number of hydrogen-bond acceptors (Lipinski definition) is 4. The standard InChI is InChI=1S/C19H30FN3O3S/c1-17(2,3)26-16(24)22-15-18(4,5)27(7,25)11-19(6,23-15)13-10-12(21)8-9-14(13)20/h8-10,27H,11,21H2,1-7H3,(H,22,23,24)/t19-/m0/s1. The Morgan fingerprint density at radius 2 is 1.93 bits per heavy atom. The number of amides is 1. The monoisotopic (exact) mass is 399 g/mol. The minimum Gasteiger partial charge on any atom is -0.442 e. The molecule has 0 unspecified atom stereocenters. The van der Waals surface area contributed by atoms with Crippen molar-refractivity contribution in [2.24, 2.45) is 4.99 Å². The lowest BCUT2D eigenvalue weighted by Crippen LogP contribution is -2.66. The van der Waals surface area contributed by atoms with Crippen LogP contribution in [0.5, 0.6) is 0 Å². The second kappa shape index (κ2) is 6.58. The molecule has 0 aliphatic carbocycles. The lowest BCUT2D eigenvalue weighted by atomic mass is 9.91. The molecular formula is C19H30FN3O3S. The quantitative estimate of drug-likeness (QED) is 0.499. The van der Waals surface area contributed by atoms with Crippen LogP contribution >= 0.6 is 0 Å². The van der Waals surface area contributed by atoms with Crippen LogP contribution in [0.15, 0.2) is 23.2 Å². The molecule has 0 saturated carbocycles. The Balaban J connectivity index is 2.55. The molecule has 8 heteroatoms. The number of thiol groups is 1. The molecule has 1 aromatic rings. The highest BCUT2D eigenvalue weighted by Crippen LogP contribution is 2.38. The lowest BCUT2D eigenvalue weighted by Gasteiger charge is -2.50. The van der Waals surface area contributed by atoms with E-state index in [0.717, 1.165) is 0 Å². The van der Waals surface area contributed by atoms with Gasteiger partial charge in [0.1, 0.15) is 17.3 Å². The number of anilines is 1. The fourth-order valence-corrected chi connectivity index (χ4v) is 5.54. The van der Waals surface area contributed by atoms with E-state index >= 15 is 0 Å². The fraction of sp³-hybridized carbons (Fsp3) is 0.579. The Kier molecular flexibility index (Phi) is 5.20. The van der Waals surface area contributed by atoms with Gasteiger partial charge in [-0.1, -0.05) is 9.93 Å². The van der Waals surface area contributed by atoms with Gasteiger partial charge in [-0.25, -0.2) is 9.18 Å². The predicted octanol–water partition coefficient (Wildman–Crippen LogP) is 2.99. The van der Waals surface area contributed by atoms with Crippen LogP contribution in [0.3, 0.4) is 0 Å². The summed E-state index contributed by atoms with van der Waals surface area (Å²) >= 11 is 0. The molecule has 1 aliphatic rings. The van der Waals surface area contributed by atoms with Crippen LogP contribution in [0.25, 0.3) is 0 Å². The third-order valence-corrected chi connectivity index (χ3v) is 8.77. The molecule has 1 aromatic carbocycles. The number of aliphatic imine (C=N–C) groups is 1. The summed E-state index contributed by atoms with van der Waals surface area (Å²) in [4.78, 5) is 16.3. The van der Waals surface area contributed by atoms with E-state index in [1.54, 1.807) is 47.8 Å². The molecular weight excluding hydrogens is 369 g/mol. The Morgan fingerprint density at radius 1 is 1.33 bits per heavy atom. The summed E-state index contributed by atoms with van der Waals surface area (Å²) in [5.41, 5.74) is 4.78. The van der Waals surface area contributed by atoms with Gasteiger partial charge >= 0.3 is 6.09 Å². The number of benzene rings is 1. The van der Waals surface area contributed by atoms with Crippen LogP contribution in [-0.4, -0.2) is 38.5 Å². The molecule has 0 spiro atoms. The van der Waals surface area contributed by atoms with Crippen LogP contribution in [0.2, 0.25) is 0 Å². The first-order valence-corrected chi connectivity index (χ1v) is 11.1. The number of nitrogens with two attached hydrogens (primary N) is 1. The molecule has 1 saturated heterocycles. The van der Waals surface area contributed by atoms with E-state index < -0.39 is 37.7 Å². The summed E-state index contributed by atoms with van der Waals surface area (Å²) in [6.07, 6.45) is 0.872. The molecule has 0 radical (unpaired) electrons. The predicted molar refractivity (Wildman–Crippen MR) is 109 cm³/mol. The van der Waals surface area contributed by atoms with Gasteiger partial charge in [0.25, 0.3) is 0 Å². The van der Waals surface area contributed by atoms with E-state index in [1.807, 2.05) is 0 Å². The van der Waals surface area contributed by atoms with Gasteiger partial charge in [-0.2, -0.15) is 4.99 Å². The van der Waals surface area contributed by atoms with E-state index in [9.17, 15) is 13.4 Å². The molecule has 0 bridgehead atoms. The molecule has 27 heavy (non-hydrogen) atoms. The normalized spacial score (nSPS) is 26.9. The first kappa shape index (κ1) is 21.3. The van der Waals surface area contributed by atoms with E-state index in [2.05, 4.69) is 10.3 Å². The molecule has 1 atom stereocenters. The zero-order chi connectivity index (χ0) is 20.8. The van der Waals surface area contributed by atoms with Crippen LogP contribution in [-0.2, 0) is 20.2 Å². The Hall–Kier alpha value is -1.96. The zero-order valence-electron chi connectivity index (χ0n) is 17.0. The average Bonchev–Trinajstić information content (AvgIpc) is 2.45. The van der Waals surface area contributed by atoms with Crippen molar-refractivity contribution in [3.8, 4) is 0 Å². The Morgan fingerprint density at radius 3 is 2.48 bits per heavy atom. The number of hydrogen-bond donors (Lipinski definition) is 3. The molecule has 1 amide bonds. The second-order valence-corrected chi connectivity index (χ2v) is 12.6. The summed E-state index contributed by atoms with van der Waals surface area (Å²) in [5, 5.41) is 3.16. The van der Waals surface area contributed by atoms with Gasteiger partial charge < -0.3 is 15.8 Å². The van der Waals surface area contributed by atoms with E-state index in [4.69, 9.17) is 10.5 Å². The summed E-state index contributed by atoms with van der Waals surface area (Å²) in [6, 6.07) is 4.27. The summed E-state index contributed by atoms with van der Waals surface area (Å²) < 4.78 is 32.4. The molecule has 0 aromatic heterocycles. The number of nitrogens with one attached hydrogen (secondary N) is 1. The van der Waals surface area contributed by atoms with E-state index in [-0.39, 0.29) is 17.2 Å². The number of amidine groups is 1. The molecule has 1 aliphatic heterocycles. The lowest BCUT2D eigenvalue weighted by molar-refractivity contribution is 0.0602. The molecule has 3 N–H and O–H groups in total. The minimum absolute atomic E-state index is 0.195. The van der Waals surface area contributed by atoms with Gasteiger partial charge in [0.2, 0.25) is 0 Å². The number of carbonyl (C=O) groups is 1. The summed E-state index contributed by atoms with van der Waals surface area (Å²) in [6.45, 7) is 10.5. The van der Waals surface area contributed by atoms with Gasteiger partial charge in [-0.3, -0.25) is 4.21 Å². The number of nitrogens with zero attached hydrogens (tertiary/aromatic N) is 1. The summed E-state index contributed by atoms with van der Waals surface area (Å²) in [7, 11) is -2.88. The first-order valence-electron chi connectivity index (χ1n) is 8.80. The van der Waals surface area contributed by atoms with Gasteiger partial charge in [-0.15, -0.1) is 0 Å². The van der Waals surface area contributed by atoms with Crippen LogP contribution < -0.4 is 11.1 Å². The minimum atomic E-state index is -2.88. The van der Waals surface area contributed by atoms with E-state index in [0.29, 0.717) is 5.69 Å². The zero-order valence-corrected chi connectivity index (χ0v) is 17.9. The first-order chi connectivity index (χ1) is 12.1. The number of nitrogen functional groups attached to an aromatic ring is 1. The maximum Gasteiger partial charge on any atom is 0.435 e. The van der Waals surface area contributed by atoms with Gasteiger partial charge in [0, 0.05) is 17.0 Å². The molecule has 2 rings (SSSR count). The van der Waals surface area contributed by atoms with Crippen molar-refractivity contribution in [1.82, 2.24) is 5.32 Å². The third-order valence-electron chi connectivity index (χ3n) is 4.96. The van der Waals surface area contributed by atoms with Crippen molar-refractivity contribution < 1.29 is 18.1 Å². The van der Waals surface area contributed by atoms with Crippen molar-refractivity contribution in [1.29, 1.82) is 0 Å². The van der Waals surface area contributed by atoms with Crippen molar-refractivity contribution in [2.75, 3.05) is 17.7 Å². The SMILES string of the molecule is CC(C)(C)OC(=O)/N=C1\N[C@](C)(c2cc(N)ccc2F)C[SH](C)(=O)C1(C)C. The van der Waals surface area contributed by atoms with Crippen LogP contribution in [0.1, 0.15) is 47.1 Å². The average molecular weight is 400 g/mol. The van der Waals surface area contributed by atoms with Crippen molar-refractivity contribution in [3.05, 3.63) is 29.6 Å². The molecule has 152 valence electrons. The topological polar surface area (TPSA) is 93.8 Å². The number of rotatable bonds is 1. The van der Waals surface area contributed by atoms with Gasteiger partial charge in [0.15, 0.2) is 0 Å². The summed E-state index contributed by atoms with van der Waals surface area (Å²) in [5.74, 6) is -0.0468. The maximum absolute atomic E-state index is 14.5. The fourth-order valence-electron chi connectivity index (χ4n) is 3.14. The Labute approximate surface area is 161 Å². The smallest absolute Gasteiger partial charge is 0.435 e. The number of ether oxygens (including phenoxy) is 1. The van der Waals surface area contributed by atoms with Crippen LogP contribution in [0.4, 0.5) is 14.9 Å². The number of halogens is 1. The number of carbonyl (C=O) groups excluding carboxylic acids is 1. The largest absolute Gasteiger partial charge is 0.442 e. The highest BCUT2D eigenvalue weighted by Gasteiger charge is 2.50. The van der Waals surface area contributed by atoms with E-state index in [1.165, 1.54) is 18.2 Å². The second-order valence-electron chi connectivity index (χ2n) is 8.96. The van der Waals surface area contributed by atoms with Crippen molar-refractivity contribution in [2.45, 2.75) is 57.4 Å². The maximum atomic E-state index is 14.5. The highest BCUT2D eigenvalue weighted by atomic mass is 32.2. The van der Waals surface area contributed by atoms with Gasteiger partial charge in [0.05, 0.1) is 10.3 Å². The van der Waals surface area contributed by atoms with Gasteiger partial charge in [-0.05, 0) is 66.0 Å². The molecule has 6 nitrogen and oxygen atoms in total. The molecule has 1 heterocycles. The molecule has 1 fully saturated rings. The Bertz CT molecular complexity index is 845. The van der Waals surface area contributed by atoms with Crippen molar-refractivity contribution in [3.63, 3.8) is 0 Å². The highest BCUT2D eigenvalue weighted by molar-refractivity contribution is 8.04. The van der Waals surface area contributed by atoms with Crippen LogP contribution in [0, 0.1) is 5.82 Å².